The maximum atomic E-state index is 13.2. The number of esters is 3. The number of hydrogen-bond acceptors (Lipinski definition) is 20. The Bertz CT molecular complexity index is 2660. The van der Waals surface area contributed by atoms with Gasteiger partial charge in [-0.3, -0.25) is 33.7 Å². The summed E-state index contributed by atoms with van der Waals surface area (Å²) >= 11 is 0. The average molecular weight is 1160 g/mol. The lowest BCUT2D eigenvalue weighted by atomic mass is 10.1. The highest BCUT2D eigenvalue weighted by molar-refractivity contribution is 6.03. The van der Waals surface area contributed by atoms with Crippen molar-refractivity contribution < 1.29 is 92.7 Å². The SMILES string of the molecule is CC(C)(C)OC(=O)CC[C@H](NC(=O)N[C@@H](CCC(=O)NCCOCCNC(=O)c1ccc(C(=O)NCCN(CCNC(=O)c2cccc(O)c2O)CCNC(=O)c2cccc(O)c2O)c(O)c1O)C(=O)OC(C)(C)C)C(=O)OC(C)(C)C. The van der Waals surface area contributed by atoms with Gasteiger partial charge in [-0.15, -0.1) is 0 Å². The molecule has 0 saturated carbocycles. The van der Waals surface area contributed by atoms with Crippen molar-refractivity contribution in [3.05, 3.63) is 70.8 Å². The maximum Gasteiger partial charge on any atom is 0.329 e. The molecular weight excluding hydrogens is 1080 g/mol. The number of amides is 7. The van der Waals surface area contributed by atoms with E-state index >= 15 is 0 Å². The molecule has 0 aliphatic rings. The summed E-state index contributed by atoms with van der Waals surface area (Å²) in [7, 11) is 0. The number of benzene rings is 3. The van der Waals surface area contributed by atoms with E-state index in [0.29, 0.717) is 0 Å². The minimum absolute atomic E-state index is 0.000930. The highest BCUT2D eigenvalue weighted by Gasteiger charge is 2.32. The van der Waals surface area contributed by atoms with Crippen LogP contribution >= 0.6 is 0 Å². The van der Waals surface area contributed by atoms with Gasteiger partial charge >= 0.3 is 23.9 Å². The number of phenolic OH excluding ortho intramolecular Hbond substituents is 6. The lowest BCUT2D eigenvalue weighted by molar-refractivity contribution is -0.159. The van der Waals surface area contributed by atoms with E-state index in [1.807, 2.05) is 0 Å². The summed E-state index contributed by atoms with van der Waals surface area (Å²) < 4.78 is 21.7. The fourth-order valence-corrected chi connectivity index (χ4v) is 7.30. The summed E-state index contributed by atoms with van der Waals surface area (Å²) in [5.74, 6) is -9.83. The molecule has 0 bridgehead atoms. The van der Waals surface area contributed by atoms with Gasteiger partial charge in [0.25, 0.3) is 23.6 Å². The Labute approximate surface area is 474 Å². The predicted octanol–water partition coefficient (Wildman–Crippen LogP) is 2.30. The highest BCUT2D eigenvalue weighted by Crippen LogP contribution is 2.33. The van der Waals surface area contributed by atoms with Crippen molar-refractivity contribution in [2.75, 3.05) is 65.6 Å². The number of rotatable bonds is 29. The lowest BCUT2D eigenvalue weighted by Gasteiger charge is -2.27. The van der Waals surface area contributed by atoms with Crippen molar-refractivity contribution in [2.45, 2.75) is 117 Å². The Morgan fingerprint density at radius 1 is 0.451 bits per heavy atom. The molecule has 13 N–H and O–H groups in total. The van der Waals surface area contributed by atoms with Gasteiger partial charge in [0.05, 0.1) is 35.5 Å². The average Bonchev–Trinajstić information content (AvgIpc) is 3.51. The van der Waals surface area contributed by atoms with Crippen molar-refractivity contribution in [2.24, 2.45) is 0 Å². The van der Waals surface area contributed by atoms with Crippen LogP contribution in [0.4, 0.5) is 4.79 Å². The van der Waals surface area contributed by atoms with E-state index in [1.165, 1.54) is 36.4 Å². The van der Waals surface area contributed by atoms with Gasteiger partial charge in [0.15, 0.2) is 34.5 Å². The Balaban J connectivity index is 1.49. The monoisotopic (exact) mass is 1150 g/mol. The number of carbonyl (C=O) groups excluding carboxylic acids is 9. The fourth-order valence-electron chi connectivity index (χ4n) is 7.30. The summed E-state index contributed by atoms with van der Waals surface area (Å²) in [5, 5.41) is 79.1. The van der Waals surface area contributed by atoms with Gasteiger partial charge in [-0.2, -0.15) is 0 Å². The van der Waals surface area contributed by atoms with E-state index in [1.54, 1.807) is 67.2 Å². The summed E-state index contributed by atoms with van der Waals surface area (Å²) in [6, 6.07) is 6.39. The zero-order valence-electron chi connectivity index (χ0n) is 47.6. The normalized spacial score (nSPS) is 12.2. The summed E-state index contributed by atoms with van der Waals surface area (Å²) in [5.41, 5.74) is -3.78. The molecule has 0 spiro atoms. The van der Waals surface area contributed by atoms with Crippen molar-refractivity contribution in [3.8, 4) is 34.5 Å². The van der Waals surface area contributed by atoms with Crippen LogP contribution in [0, 0.1) is 0 Å². The Morgan fingerprint density at radius 2 is 0.805 bits per heavy atom. The molecule has 0 aliphatic heterocycles. The standard InChI is InChI=1S/C55H78N8O19/c1-53(2,3)80-41(67)21-19-37(51(77)82-55(7,8)9)62-52(78)61-36(50(76)81-54(4,5)6)18-20-40(66)56-25-30-79-31-26-60-49(75)35-17-16-34(44(70)45(35)71)48(74)59-24-29-63(27-22-57-46(72)32-12-10-14-38(64)42(32)68)28-23-58-47(73)33-13-11-15-39(65)43(33)69/h10-17,36-37,64-65,68-71H,18-31H2,1-9H3,(H,56,66)(H,57,72)(H,58,73)(H,59,74)(H,60,75)(H2,61,62,78)/t36-,37-/m0/s1. The molecule has 7 amide bonds. The molecule has 0 saturated heterocycles. The first-order valence-corrected chi connectivity index (χ1v) is 26.3. The molecule has 0 fully saturated rings. The number of nitrogens with one attached hydrogen (secondary N) is 7. The predicted molar refractivity (Wildman–Crippen MR) is 294 cm³/mol. The van der Waals surface area contributed by atoms with Crippen LogP contribution < -0.4 is 37.2 Å². The van der Waals surface area contributed by atoms with Crippen molar-refractivity contribution in [1.82, 2.24) is 42.1 Å². The van der Waals surface area contributed by atoms with Gasteiger partial charge in [0.1, 0.15) is 28.9 Å². The minimum Gasteiger partial charge on any atom is -0.504 e. The van der Waals surface area contributed by atoms with Crippen LogP contribution in [0.5, 0.6) is 34.5 Å². The Hall–Kier alpha value is -8.59. The molecule has 0 heterocycles. The number of aromatic hydroxyl groups is 6. The second-order valence-corrected chi connectivity index (χ2v) is 21.5. The molecule has 3 aromatic carbocycles. The molecule has 0 unspecified atom stereocenters. The molecule has 27 nitrogen and oxygen atoms in total. The first kappa shape index (κ1) is 67.7. The molecule has 82 heavy (non-hydrogen) atoms. The van der Waals surface area contributed by atoms with Crippen LogP contribution in [0.1, 0.15) is 129 Å². The maximum absolute atomic E-state index is 13.2. The third-order valence-electron chi connectivity index (χ3n) is 11.1. The first-order chi connectivity index (χ1) is 38.3. The quantitative estimate of drug-likeness (QED) is 0.0205. The number of ether oxygens (including phenoxy) is 4. The molecule has 27 heteroatoms. The zero-order valence-corrected chi connectivity index (χ0v) is 47.6. The number of urea groups is 1. The summed E-state index contributed by atoms with van der Waals surface area (Å²) in [4.78, 5) is 118. The van der Waals surface area contributed by atoms with E-state index in [-0.39, 0.29) is 114 Å². The molecule has 452 valence electrons. The number of phenols is 6. The second-order valence-electron chi connectivity index (χ2n) is 21.5. The van der Waals surface area contributed by atoms with E-state index in [4.69, 9.17) is 18.9 Å². The first-order valence-electron chi connectivity index (χ1n) is 26.3. The minimum atomic E-state index is -1.35. The third kappa shape index (κ3) is 24.0. The smallest absolute Gasteiger partial charge is 0.329 e. The van der Waals surface area contributed by atoms with Crippen LogP contribution in [-0.4, -0.2) is 183 Å². The van der Waals surface area contributed by atoms with Gasteiger partial charge in [-0.25, -0.2) is 14.4 Å². The van der Waals surface area contributed by atoms with Crippen LogP contribution in [-0.2, 0) is 38.1 Å². The van der Waals surface area contributed by atoms with Gasteiger partial charge in [0.2, 0.25) is 5.91 Å². The van der Waals surface area contributed by atoms with Crippen molar-refractivity contribution in [1.29, 1.82) is 0 Å². The van der Waals surface area contributed by atoms with E-state index < -0.39 is 117 Å². The second kappa shape index (κ2) is 31.4. The lowest BCUT2D eigenvalue weighted by Crippen LogP contribution is -2.53. The van der Waals surface area contributed by atoms with Gasteiger partial charge in [-0.05, 0) is 112 Å². The number of hydrogen-bond donors (Lipinski definition) is 13. The Kier molecular flexibility index (Phi) is 25.9. The molecule has 3 rings (SSSR count). The van der Waals surface area contributed by atoms with Gasteiger partial charge in [0, 0.05) is 65.2 Å². The zero-order chi connectivity index (χ0) is 61.5. The molecule has 0 aromatic heterocycles. The van der Waals surface area contributed by atoms with Crippen LogP contribution in [0.2, 0.25) is 0 Å². The van der Waals surface area contributed by atoms with Crippen LogP contribution in [0.15, 0.2) is 48.5 Å². The molecule has 0 aliphatic carbocycles. The number of para-hydroxylation sites is 2. The summed E-state index contributed by atoms with van der Waals surface area (Å²) in [6.45, 7) is 14.9. The van der Waals surface area contributed by atoms with Crippen molar-refractivity contribution >= 4 is 53.5 Å². The van der Waals surface area contributed by atoms with E-state index in [2.05, 4.69) is 37.2 Å². The Morgan fingerprint density at radius 3 is 1.20 bits per heavy atom. The van der Waals surface area contributed by atoms with Gasteiger partial charge < -0.3 is 86.8 Å². The number of nitrogens with zero attached hydrogens (tertiary/aromatic N) is 1. The fraction of sp³-hybridized carbons (Fsp3) is 0.509. The third-order valence-corrected chi connectivity index (χ3v) is 11.1. The number of carbonyl (C=O) groups is 9. The molecule has 2 atom stereocenters. The molecule has 0 radical (unpaired) electrons. The van der Waals surface area contributed by atoms with Gasteiger partial charge in [-0.1, -0.05) is 12.1 Å². The summed E-state index contributed by atoms with van der Waals surface area (Å²) in [6.07, 6.45) is -0.893. The van der Waals surface area contributed by atoms with E-state index in [0.717, 1.165) is 12.1 Å². The molecular formula is C55H78N8O19. The highest BCUT2D eigenvalue weighted by atomic mass is 16.6. The molecule has 3 aromatic rings. The van der Waals surface area contributed by atoms with Crippen LogP contribution in [0.3, 0.4) is 0 Å². The van der Waals surface area contributed by atoms with E-state index in [9.17, 15) is 73.8 Å². The van der Waals surface area contributed by atoms with Crippen LogP contribution in [0.25, 0.3) is 0 Å². The largest absolute Gasteiger partial charge is 0.504 e. The van der Waals surface area contributed by atoms with Crippen molar-refractivity contribution in [3.63, 3.8) is 0 Å². The topological polar surface area (TPSA) is 399 Å².